The third kappa shape index (κ3) is 7.05. The van der Waals surface area contributed by atoms with Gasteiger partial charge in [-0.2, -0.15) is 0 Å². The molecular formula is C15H22N2O5. The molecule has 0 unspecified atom stereocenters. The normalized spacial score (nSPS) is 14.6. The summed E-state index contributed by atoms with van der Waals surface area (Å²) in [5, 5.41) is 18.1. The summed E-state index contributed by atoms with van der Waals surface area (Å²) in [5.41, 5.74) is 1.21. The van der Waals surface area contributed by atoms with E-state index in [9.17, 15) is 0 Å². The van der Waals surface area contributed by atoms with Crippen LogP contribution in [0.25, 0.3) is 0 Å². The van der Waals surface area contributed by atoms with Crippen molar-refractivity contribution in [3.63, 3.8) is 0 Å². The van der Waals surface area contributed by atoms with Crippen LogP contribution in [0.15, 0.2) is 24.3 Å². The maximum atomic E-state index is 9.10. The molecule has 122 valence electrons. The maximum Gasteiger partial charge on any atom is 0.414 e. The molecule has 0 atom stereocenters. The second-order valence-corrected chi connectivity index (χ2v) is 4.82. The molecule has 0 aromatic heterocycles. The van der Waals surface area contributed by atoms with Gasteiger partial charge in [-0.25, -0.2) is 9.59 Å². The molecule has 1 aromatic carbocycles. The zero-order valence-corrected chi connectivity index (χ0v) is 12.6. The number of carbonyl (C=O) groups is 2. The average Bonchev–Trinajstić information content (AvgIpc) is 2.51. The Labute approximate surface area is 129 Å². The van der Waals surface area contributed by atoms with Crippen LogP contribution in [0.1, 0.15) is 5.56 Å². The van der Waals surface area contributed by atoms with E-state index >= 15 is 0 Å². The molecule has 22 heavy (non-hydrogen) atoms. The summed E-state index contributed by atoms with van der Waals surface area (Å²) in [6.45, 7) is 8.37. The van der Waals surface area contributed by atoms with Crippen LogP contribution in [-0.4, -0.2) is 66.4 Å². The fourth-order valence-electron chi connectivity index (χ4n) is 1.94. The van der Waals surface area contributed by atoms with E-state index in [0.29, 0.717) is 0 Å². The first-order valence-corrected chi connectivity index (χ1v) is 7.08. The number of carboxylic acids is 2. The molecule has 0 radical (unpaired) electrons. The van der Waals surface area contributed by atoms with Crippen molar-refractivity contribution in [1.29, 1.82) is 0 Å². The van der Waals surface area contributed by atoms with Gasteiger partial charge in [0.1, 0.15) is 12.4 Å². The second kappa shape index (κ2) is 9.75. The summed E-state index contributed by atoms with van der Waals surface area (Å²) >= 11 is 0. The fraction of sp³-hybridized carbons (Fsp3) is 0.467. The summed E-state index contributed by atoms with van der Waals surface area (Å²) in [4.78, 5) is 20.6. The molecule has 1 fully saturated rings. The topological polar surface area (TPSA) is 99.1 Å². The van der Waals surface area contributed by atoms with Crippen LogP contribution in [0.3, 0.4) is 0 Å². The number of rotatable bonds is 4. The molecule has 1 aromatic rings. The summed E-state index contributed by atoms with van der Waals surface area (Å²) < 4.78 is 5.78. The van der Waals surface area contributed by atoms with Gasteiger partial charge in [0.2, 0.25) is 0 Å². The first-order valence-electron chi connectivity index (χ1n) is 7.08. The van der Waals surface area contributed by atoms with Crippen molar-refractivity contribution in [2.75, 3.05) is 39.3 Å². The number of aryl methyl sites for hydroxylation is 1. The monoisotopic (exact) mass is 310 g/mol. The number of benzene rings is 1. The minimum Gasteiger partial charge on any atom is -0.492 e. The van der Waals surface area contributed by atoms with Crippen LogP contribution in [0.2, 0.25) is 0 Å². The minimum absolute atomic E-state index is 0.783. The standard InChI is InChI=1S/C13H20N2O.C2H2O4/c1-12-4-2-3-5-13(12)16-11-10-15-8-6-14-7-9-15;3-1(4)2(5)6/h2-5,14H,6-11H2,1H3;(H,3,4)(H,5,6). The fourth-order valence-corrected chi connectivity index (χ4v) is 1.94. The molecule has 7 heteroatoms. The highest BCUT2D eigenvalue weighted by Gasteiger charge is 2.09. The van der Waals surface area contributed by atoms with Crippen molar-refractivity contribution in [3.8, 4) is 5.75 Å². The van der Waals surface area contributed by atoms with Gasteiger partial charge >= 0.3 is 11.9 Å². The molecule has 0 amide bonds. The molecule has 7 nitrogen and oxygen atoms in total. The van der Waals surface area contributed by atoms with Gasteiger partial charge in [-0.15, -0.1) is 0 Å². The predicted molar refractivity (Wildman–Crippen MR) is 81.3 cm³/mol. The lowest BCUT2D eigenvalue weighted by Gasteiger charge is -2.27. The van der Waals surface area contributed by atoms with Gasteiger partial charge in [-0.05, 0) is 18.6 Å². The molecule has 0 aliphatic carbocycles. The largest absolute Gasteiger partial charge is 0.492 e. The lowest BCUT2D eigenvalue weighted by atomic mass is 10.2. The molecule has 0 saturated carbocycles. The zero-order valence-electron chi connectivity index (χ0n) is 12.6. The van der Waals surface area contributed by atoms with Crippen molar-refractivity contribution in [3.05, 3.63) is 29.8 Å². The second-order valence-electron chi connectivity index (χ2n) is 4.82. The van der Waals surface area contributed by atoms with Gasteiger partial charge < -0.3 is 20.3 Å². The molecule has 2 rings (SSSR count). The highest BCUT2D eigenvalue weighted by Crippen LogP contribution is 2.15. The van der Waals surface area contributed by atoms with Crippen LogP contribution in [0.5, 0.6) is 5.75 Å². The predicted octanol–water partition coefficient (Wildman–Crippen LogP) is 0.435. The van der Waals surface area contributed by atoms with Gasteiger partial charge in [0.05, 0.1) is 0 Å². The van der Waals surface area contributed by atoms with Crippen LogP contribution >= 0.6 is 0 Å². The van der Waals surface area contributed by atoms with E-state index < -0.39 is 11.9 Å². The molecule has 0 spiro atoms. The number of para-hydroxylation sites is 1. The lowest BCUT2D eigenvalue weighted by Crippen LogP contribution is -2.44. The highest BCUT2D eigenvalue weighted by atomic mass is 16.5. The number of aliphatic carboxylic acids is 2. The summed E-state index contributed by atoms with van der Waals surface area (Å²) in [6, 6.07) is 8.18. The minimum atomic E-state index is -1.82. The van der Waals surface area contributed by atoms with Gasteiger partial charge in [0, 0.05) is 32.7 Å². The zero-order chi connectivity index (χ0) is 16.4. The van der Waals surface area contributed by atoms with E-state index in [1.165, 1.54) is 5.56 Å². The Balaban J connectivity index is 0.000000346. The number of carboxylic acid groups (broad SMARTS) is 2. The number of hydrogen-bond donors (Lipinski definition) is 3. The van der Waals surface area contributed by atoms with Gasteiger partial charge in [0.15, 0.2) is 0 Å². The van der Waals surface area contributed by atoms with Gasteiger partial charge in [-0.3, -0.25) is 4.90 Å². The van der Waals surface area contributed by atoms with Crippen LogP contribution in [-0.2, 0) is 9.59 Å². The Hall–Kier alpha value is -2.12. The Morgan fingerprint density at radius 1 is 1.18 bits per heavy atom. The van der Waals surface area contributed by atoms with E-state index in [1.54, 1.807) is 0 Å². The van der Waals surface area contributed by atoms with E-state index in [0.717, 1.165) is 45.1 Å². The highest BCUT2D eigenvalue weighted by molar-refractivity contribution is 6.27. The van der Waals surface area contributed by atoms with Crippen LogP contribution in [0, 0.1) is 6.92 Å². The Bertz CT molecular complexity index is 475. The number of ether oxygens (including phenoxy) is 1. The first kappa shape index (κ1) is 17.9. The van der Waals surface area contributed by atoms with E-state index in [-0.39, 0.29) is 0 Å². The van der Waals surface area contributed by atoms with Crippen molar-refractivity contribution in [2.45, 2.75) is 6.92 Å². The van der Waals surface area contributed by atoms with Crippen molar-refractivity contribution >= 4 is 11.9 Å². The third-order valence-corrected chi connectivity index (χ3v) is 3.15. The molecule has 1 heterocycles. The molecule has 1 aliphatic heterocycles. The molecule has 1 aliphatic rings. The van der Waals surface area contributed by atoms with E-state index in [1.807, 2.05) is 18.2 Å². The molecule has 0 bridgehead atoms. The van der Waals surface area contributed by atoms with Gasteiger partial charge in [0.25, 0.3) is 0 Å². The quantitative estimate of drug-likeness (QED) is 0.694. The molecule has 1 saturated heterocycles. The SMILES string of the molecule is Cc1ccccc1OCCN1CCNCC1.O=C(O)C(=O)O. The number of hydrogen-bond acceptors (Lipinski definition) is 5. The smallest absolute Gasteiger partial charge is 0.414 e. The first-order chi connectivity index (χ1) is 10.5. The summed E-state index contributed by atoms with van der Waals surface area (Å²) in [6.07, 6.45) is 0. The summed E-state index contributed by atoms with van der Waals surface area (Å²) in [5.74, 6) is -2.64. The van der Waals surface area contributed by atoms with Crippen molar-refractivity contribution in [2.24, 2.45) is 0 Å². The van der Waals surface area contributed by atoms with Crippen molar-refractivity contribution in [1.82, 2.24) is 10.2 Å². The average molecular weight is 310 g/mol. The third-order valence-electron chi connectivity index (χ3n) is 3.15. The van der Waals surface area contributed by atoms with Crippen LogP contribution in [0.4, 0.5) is 0 Å². The number of piperazine rings is 1. The van der Waals surface area contributed by atoms with Gasteiger partial charge in [-0.1, -0.05) is 18.2 Å². The lowest BCUT2D eigenvalue weighted by molar-refractivity contribution is -0.159. The Morgan fingerprint density at radius 3 is 2.32 bits per heavy atom. The van der Waals surface area contributed by atoms with E-state index in [2.05, 4.69) is 23.2 Å². The maximum absolute atomic E-state index is 9.10. The van der Waals surface area contributed by atoms with Crippen molar-refractivity contribution < 1.29 is 24.5 Å². The molecule has 3 N–H and O–H groups in total. The molecular weight excluding hydrogens is 288 g/mol. The summed E-state index contributed by atoms with van der Waals surface area (Å²) in [7, 11) is 0. The number of nitrogens with one attached hydrogen (secondary N) is 1. The Morgan fingerprint density at radius 2 is 1.77 bits per heavy atom. The number of nitrogens with zero attached hydrogens (tertiary/aromatic N) is 1. The Kier molecular flexibility index (Phi) is 7.95. The van der Waals surface area contributed by atoms with E-state index in [4.69, 9.17) is 24.5 Å². The van der Waals surface area contributed by atoms with Crippen LogP contribution < -0.4 is 10.1 Å².